The summed E-state index contributed by atoms with van der Waals surface area (Å²) in [6, 6.07) is -0.526. The van der Waals surface area contributed by atoms with Gasteiger partial charge >= 0.3 is 5.97 Å². The Bertz CT molecular complexity index is 510. The molecule has 0 rings (SSSR count). The third kappa shape index (κ3) is 8.88. The molecule has 0 aliphatic carbocycles. The van der Waals surface area contributed by atoms with Gasteiger partial charge in [-0.15, -0.1) is 0 Å². The number of carboxylic acid groups (broad SMARTS) is 1. The number of ketones is 1. The zero-order chi connectivity index (χ0) is 20.4. The van der Waals surface area contributed by atoms with Gasteiger partial charge in [0, 0.05) is 38.9 Å². The van der Waals surface area contributed by atoms with Crippen LogP contribution in [0.5, 0.6) is 0 Å². The molecule has 7 N–H and O–H groups in total. The molecule has 2 amide bonds. The molecule has 0 aromatic rings. The minimum Gasteiger partial charge on any atom is -0.481 e. The number of rotatable bonds is 13. The van der Waals surface area contributed by atoms with E-state index >= 15 is 0 Å². The number of carbonyl (C=O) groups excluding carboxylic acids is 3. The van der Waals surface area contributed by atoms with Crippen LogP contribution >= 0.6 is 0 Å². The molecule has 26 heavy (non-hydrogen) atoms. The molecule has 10 heteroatoms. The standard InChI is InChI=1S/C16H29N3O7/c1-9(21)13(17)3-4-19(2)15(24)10(7-14(18)23)5-12(22)6-11(8-20)16(25)26/h9-11,13,20-21H,3-8,17H2,1-2H3,(H2,18,23)(H,25,26)/t9?,10-,11-,13+/m1/s1. The molecule has 0 aliphatic rings. The quantitative estimate of drug-likeness (QED) is 0.246. The monoisotopic (exact) mass is 375 g/mol. The predicted molar refractivity (Wildman–Crippen MR) is 91.7 cm³/mol. The van der Waals surface area contributed by atoms with Crippen molar-refractivity contribution in [1.82, 2.24) is 4.90 Å². The molecule has 0 aromatic heterocycles. The van der Waals surface area contributed by atoms with Gasteiger partial charge in [0.05, 0.1) is 24.5 Å². The van der Waals surface area contributed by atoms with Crippen LogP contribution in [-0.2, 0) is 19.2 Å². The number of nitrogens with two attached hydrogens (primary N) is 2. The van der Waals surface area contributed by atoms with E-state index in [0.717, 1.165) is 0 Å². The molecule has 0 spiro atoms. The first-order chi connectivity index (χ1) is 12.0. The summed E-state index contributed by atoms with van der Waals surface area (Å²) >= 11 is 0. The first kappa shape index (κ1) is 24.0. The number of carboxylic acids is 1. The minimum absolute atomic E-state index is 0.211. The Morgan fingerprint density at radius 2 is 1.62 bits per heavy atom. The molecule has 0 saturated heterocycles. The summed E-state index contributed by atoms with van der Waals surface area (Å²) in [4.78, 5) is 47.9. The highest BCUT2D eigenvalue weighted by molar-refractivity contribution is 5.91. The van der Waals surface area contributed by atoms with E-state index in [0.29, 0.717) is 6.42 Å². The van der Waals surface area contributed by atoms with Crippen LogP contribution in [0.3, 0.4) is 0 Å². The zero-order valence-corrected chi connectivity index (χ0v) is 15.1. The van der Waals surface area contributed by atoms with E-state index in [-0.39, 0.29) is 19.4 Å². The number of hydrogen-bond donors (Lipinski definition) is 5. The lowest BCUT2D eigenvalue weighted by Gasteiger charge is -2.25. The number of amides is 2. The third-order valence-electron chi connectivity index (χ3n) is 4.11. The highest BCUT2D eigenvalue weighted by Crippen LogP contribution is 2.16. The number of nitrogens with zero attached hydrogens (tertiary/aromatic N) is 1. The lowest BCUT2D eigenvalue weighted by Crippen LogP contribution is -2.41. The fourth-order valence-electron chi connectivity index (χ4n) is 2.36. The molecule has 150 valence electrons. The van der Waals surface area contributed by atoms with E-state index in [1.165, 1.54) is 18.9 Å². The second-order valence-corrected chi connectivity index (χ2v) is 6.48. The predicted octanol–water partition coefficient (Wildman–Crippen LogP) is -1.92. The van der Waals surface area contributed by atoms with Crippen molar-refractivity contribution >= 4 is 23.6 Å². The first-order valence-electron chi connectivity index (χ1n) is 8.31. The van der Waals surface area contributed by atoms with E-state index in [4.69, 9.17) is 21.7 Å². The van der Waals surface area contributed by atoms with Crippen LogP contribution in [0, 0.1) is 11.8 Å². The van der Waals surface area contributed by atoms with Crippen molar-refractivity contribution in [2.24, 2.45) is 23.3 Å². The maximum absolute atomic E-state index is 12.5. The largest absolute Gasteiger partial charge is 0.481 e. The number of aliphatic hydroxyl groups is 2. The number of aliphatic hydroxyl groups excluding tert-OH is 2. The van der Waals surface area contributed by atoms with Gasteiger partial charge in [0.2, 0.25) is 11.8 Å². The van der Waals surface area contributed by atoms with Crippen molar-refractivity contribution < 1.29 is 34.5 Å². The van der Waals surface area contributed by atoms with Gasteiger partial charge in [0.15, 0.2) is 0 Å². The minimum atomic E-state index is -1.32. The van der Waals surface area contributed by atoms with E-state index < -0.39 is 60.6 Å². The maximum atomic E-state index is 12.5. The summed E-state index contributed by atoms with van der Waals surface area (Å²) in [5.41, 5.74) is 10.8. The molecule has 0 heterocycles. The van der Waals surface area contributed by atoms with Crippen LogP contribution in [-0.4, -0.2) is 76.1 Å². The summed E-state index contributed by atoms with van der Waals surface area (Å²) in [7, 11) is 1.48. The Labute approximate surface area is 152 Å². The molecule has 0 fully saturated rings. The van der Waals surface area contributed by atoms with Crippen molar-refractivity contribution in [2.75, 3.05) is 20.2 Å². The van der Waals surface area contributed by atoms with Crippen LogP contribution < -0.4 is 11.5 Å². The molecule has 0 saturated carbocycles. The Morgan fingerprint density at radius 3 is 2.04 bits per heavy atom. The van der Waals surface area contributed by atoms with E-state index in [1.807, 2.05) is 0 Å². The van der Waals surface area contributed by atoms with Gasteiger partial charge in [0.25, 0.3) is 0 Å². The average molecular weight is 375 g/mol. The van der Waals surface area contributed by atoms with Gasteiger partial charge in [0.1, 0.15) is 5.78 Å². The Kier molecular flexibility index (Phi) is 10.6. The Balaban J connectivity index is 4.90. The highest BCUT2D eigenvalue weighted by Gasteiger charge is 2.29. The molecule has 0 aliphatic heterocycles. The van der Waals surface area contributed by atoms with Crippen LogP contribution in [0.25, 0.3) is 0 Å². The van der Waals surface area contributed by atoms with Crippen molar-refractivity contribution in [1.29, 1.82) is 0 Å². The lowest BCUT2D eigenvalue weighted by atomic mass is 9.92. The maximum Gasteiger partial charge on any atom is 0.309 e. The molecular formula is C16H29N3O7. The number of aliphatic carboxylic acids is 1. The molecule has 10 nitrogen and oxygen atoms in total. The second-order valence-electron chi connectivity index (χ2n) is 6.48. The molecular weight excluding hydrogens is 346 g/mol. The third-order valence-corrected chi connectivity index (χ3v) is 4.11. The van der Waals surface area contributed by atoms with Gasteiger partial charge in [-0.2, -0.15) is 0 Å². The normalized spacial score (nSPS) is 15.6. The van der Waals surface area contributed by atoms with Gasteiger partial charge < -0.3 is 31.7 Å². The zero-order valence-electron chi connectivity index (χ0n) is 15.1. The smallest absolute Gasteiger partial charge is 0.309 e. The van der Waals surface area contributed by atoms with Gasteiger partial charge in [-0.05, 0) is 13.3 Å². The molecule has 1 unspecified atom stereocenters. The fraction of sp³-hybridized carbons (Fsp3) is 0.750. The number of carbonyl (C=O) groups is 4. The fourth-order valence-corrected chi connectivity index (χ4v) is 2.36. The van der Waals surface area contributed by atoms with E-state index in [1.54, 1.807) is 0 Å². The molecule has 0 radical (unpaired) electrons. The second kappa shape index (κ2) is 11.6. The van der Waals surface area contributed by atoms with Crippen LogP contribution in [0.15, 0.2) is 0 Å². The van der Waals surface area contributed by atoms with E-state index in [2.05, 4.69) is 0 Å². The average Bonchev–Trinajstić information content (AvgIpc) is 2.54. The summed E-state index contributed by atoms with van der Waals surface area (Å²) in [6.45, 7) is 1.04. The summed E-state index contributed by atoms with van der Waals surface area (Å²) in [5, 5.41) is 27.2. The van der Waals surface area contributed by atoms with Gasteiger partial charge in [-0.3, -0.25) is 19.2 Å². The van der Waals surface area contributed by atoms with Crippen LogP contribution in [0.1, 0.15) is 32.6 Å². The molecule has 0 aromatic carbocycles. The van der Waals surface area contributed by atoms with Crippen LogP contribution in [0.2, 0.25) is 0 Å². The number of hydrogen-bond acceptors (Lipinski definition) is 7. The number of Topliss-reactive ketones (excluding diaryl/α,β-unsaturated/α-hetero) is 1. The summed E-state index contributed by atoms with van der Waals surface area (Å²) in [5.74, 6) is -5.40. The molecule has 0 bridgehead atoms. The van der Waals surface area contributed by atoms with Crippen molar-refractivity contribution in [2.45, 2.75) is 44.8 Å². The van der Waals surface area contributed by atoms with Gasteiger partial charge in [-0.25, -0.2) is 0 Å². The topological polar surface area (TPSA) is 184 Å². The molecule has 4 atom stereocenters. The number of primary amides is 1. The van der Waals surface area contributed by atoms with E-state index in [9.17, 15) is 24.3 Å². The summed E-state index contributed by atoms with van der Waals surface area (Å²) < 4.78 is 0. The van der Waals surface area contributed by atoms with Crippen molar-refractivity contribution in [3.63, 3.8) is 0 Å². The lowest BCUT2D eigenvalue weighted by molar-refractivity contribution is -0.145. The first-order valence-corrected chi connectivity index (χ1v) is 8.31. The Hall–Kier alpha value is -2.04. The van der Waals surface area contributed by atoms with Gasteiger partial charge in [-0.1, -0.05) is 0 Å². The highest BCUT2D eigenvalue weighted by atomic mass is 16.4. The van der Waals surface area contributed by atoms with Crippen LogP contribution in [0.4, 0.5) is 0 Å². The summed E-state index contributed by atoms with van der Waals surface area (Å²) in [6.07, 6.45) is -1.56. The Morgan fingerprint density at radius 1 is 1.08 bits per heavy atom. The van der Waals surface area contributed by atoms with Crippen molar-refractivity contribution in [3.8, 4) is 0 Å². The SMILES string of the molecule is CC(O)[C@@H](N)CCN(C)C(=O)[C@@H](CC(N)=O)CC(=O)C[C@H](CO)C(=O)O. The van der Waals surface area contributed by atoms with Crippen molar-refractivity contribution in [3.05, 3.63) is 0 Å².